The van der Waals surface area contributed by atoms with Crippen molar-refractivity contribution >= 4 is 21.4 Å². The van der Waals surface area contributed by atoms with Crippen LogP contribution >= 0.6 is 11.6 Å². The summed E-state index contributed by atoms with van der Waals surface area (Å²) in [7, 11) is -1.68. The van der Waals surface area contributed by atoms with Crippen molar-refractivity contribution in [3.8, 4) is 5.75 Å². The predicted octanol–water partition coefficient (Wildman–Crippen LogP) is 1.35. The molecule has 1 unspecified atom stereocenters. The fraction of sp³-hybridized carbons (Fsp3) is 0.455. The highest BCUT2D eigenvalue weighted by molar-refractivity contribution is 7.91. The summed E-state index contributed by atoms with van der Waals surface area (Å²) >= 11 is 5.88. The lowest BCUT2D eigenvalue weighted by molar-refractivity contribution is 0.0650. The van der Waals surface area contributed by atoms with E-state index in [1.807, 2.05) is 0 Å². The van der Waals surface area contributed by atoms with Gasteiger partial charge in [0, 0.05) is 0 Å². The number of ether oxygens (including phenoxy) is 1. The topological polar surface area (TPSA) is 63.6 Å². The van der Waals surface area contributed by atoms with Crippen LogP contribution in [0.25, 0.3) is 0 Å². The highest BCUT2D eigenvalue weighted by Crippen LogP contribution is 2.36. The number of sulfone groups is 1. The maximum absolute atomic E-state index is 11.4. The van der Waals surface area contributed by atoms with Crippen molar-refractivity contribution in [2.24, 2.45) is 0 Å². The summed E-state index contributed by atoms with van der Waals surface area (Å²) < 4.78 is 27.9. The average Bonchev–Trinajstić information content (AvgIpc) is 2.55. The van der Waals surface area contributed by atoms with E-state index in [1.54, 1.807) is 18.2 Å². The third-order valence-electron chi connectivity index (χ3n) is 2.97. The Kier molecular flexibility index (Phi) is 3.10. The minimum absolute atomic E-state index is 0.00837. The van der Waals surface area contributed by atoms with Gasteiger partial charge in [-0.15, -0.1) is 0 Å². The number of aliphatic hydroxyl groups is 1. The van der Waals surface area contributed by atoms with Gasteiger partial charge >= 0.3 is 0 Å². The quantitative estimate of drug-likeness (QED) is 0.886. The molecule has 1 fully saturated rings. The second-order valence-corrected chi connectivity index (χ2v) is 6.81. The molecule has 1 atom stereocenters. The first-order valence-corrected chi connectivity index (χ1v) is 7.33. The molecule has 0 aliphatic carbocycles. The summed E-state index contributed by atoms with van der Waals surface area (Å²) in [5.41, 5.74) is -0.795. The molecule has 1 aromatic carbocycles. The van der Waals surface area contributed by atoms with E-state index < -0.39 is 15.4 Å². The lowest BCUT2D eigenvalue weighted by Gasteiger charge is -2.21. The van der Waals surface area contributed by atoms with Gasteiger partial charge in [-0.1, -0.05) is 17.7 Å². The molecule has 1 aliphatic heterocycles. The number of hydrogen-bond donors (Lipinski definition) is 1. The Labute approximate surface area is 105 Å². The van der Waals surface area contributed by atoms with Gasteiger partial charge in [-0.25, -0.2) is 8.42 Å². The molecule has 1 saturated heterocycles. The Morgan fingerprint density at radius 1 is 1.47 bits per heavy atom. The SMILES string of the molecule is COc1cc(C2(O)CCS(=O)(=O)C2)ccc1Cl. The Morgan fingerprint density at radius 2 is 2.18 bits per heavy atom. The van der Waals surface area contributed by atoms with Gasteiger partial charge in [-0.2, -0.15) is 0 Å². The summed E-state index contributed by atoms with van der Waals surface area (Å²) in [6.45, 7) is 0. The highest BCUT2D eigenvalue weighted by atomic mass is 35.5. The summed E-state index contributed by atoms with van der Waals surface area (Å²) in [6, 6.07) is 4.81. The van der Waals surface area contributed by atoms with Crippen molar-refractivity contribution in [3.05, 3.63) is 28.8 Å². The number of methoxy groups -OCH3 is 1. The van der Waals surface area contributed by atoms with Crippen LogP contribution in [-0.4, -0.2) is 32.1 Å². The molecule has 1 aliphatic rings. The zero-order chi connectivity index (χ0) is 12.7. The average molecular weight is 277 g/mol. The zero-order valence-corrected chi connectivity index (χ0v) is 10.9. The van der Waals surface area contributed by atoms with Gasteiger partial charge in [0.15, 0.2) is 9.84 Å². The molecule has 1 aromatic rings. The molecular weight excluding hydrogens is 264 g/mol. The van der Waals surface area contributed by atoms with Gasteiger partial charge < -0.3 is 9.84 Å². The van der Waals surface area contributed by atoms with E-state index in [1.165, 1.54) is 7.11 Å². The monoisotopic (exact) mass is 276 g/mol. The summed E-state index contributed by atoms with van der Waals surface area (Å²) in [5.74, 6) is 0.195. The van der Waals surface area contributed by atoms with Crippen LogP contribution < -0.4 is 4.74 Å². The molecule has 0 spiro atoms. The second-order valence-electron chi connectivity index (χ2n) is 4.22. The van der Waals surface area contributed by atoms with Gasteiger partial charge in [0.25, 0.3) is 0 Å². The maximum atomic E-state index is 11.4. The lowest BCUT2D eigenvalue weighted by atomic mass is 9.93. The van der Waals surface area contributed by atoms with E-state index in [-0.39, 0.29) is 17.9 Å². The molecule has 0 saturated carbocycles. The standard InChI is InChI=1S/C11H13ClO4S/c1-16-10-6-8(2-3-9(10)12)11(13)4-5-17(14,15)7-11/h2-3,6,13H,4-5,7H2,1H3. The van der Waals surface area contributed by atoms with Crippen LogP contribution in [0.4, 0.5) is 0 Å². The molecule has 1 heterocycles. The van der Waals surface area contributed by atoms with Crippen molar-refractivity contribution in [3.63, 3.8) is 0 Å². The minimum atomic E-state index is -3.16. The normalized spacial score (nSPS) is 27.0. The Balaban J connectivity index is 2.41. The third kappa shape index (κ3) is 2.41. The third-order valence-corrected chi connectivity index (χ3v) is 5.03. The van der Waals surface area contributed by atoms with Crippen molar-refractivity contribution in [1.29, 1.82) is 0 Å². The molecule has 1 N–H and O–H groups in total. The summed E-state index contributed by atoms with van der Waals surface area (Å²) in [6.07, 6.45) is 0.208. The number of hydrogen-bond acceptors (Lipinski definition) is 4. The molecule has 2 rings (SSSR count). The lowest BCUT2D eigenvalue weighted by Crippen LogP contribution is -2.26. The Bertz CT molecular complexity index is 540. The molecule has 0 amide bonds. The predicted molar refractivity (Wildman–Crippen MR) is 65.2 cm³/mol. The molecule has 0 radical (unpaired) electrons. The van der Waals surface area contributed by atoms with Crippen LogP contribution in [0.1, 0.15) is 12.0 Å². The largest absolute Gasteiger partial charge is 0.495 e. The van der Waals surface area contributed by atoms with Crippen LogP contribution in [0.5, 0.6) is 5.75 Å². The van der Waals surface area contributed by atoms with Crippen molar-refractivity contribution in [2.45, 2.75) is 12.0 Å². The minimum Gasteiger partial charge on any atom is -0.495 e. The summed E-state index contributed by atoms with van der Waals surface area (Å²) in [5, 5.41) is 10.8. The van der Waals surface area contributed by atoms with Crippen LogP contribution in [0.15, 0.2) is 18.2 Å². The molecular formula is C11H13ClO4S. The van der Waals surface area contributed by atoms with Crippen LogP contribution in [0, 0.1) is 0 Å². The van der Waals surface area contributed by atoms with Crippen molar-refractivity contribution in [1.82, 2.24) is 0 Å². The van der Waals surface area contributed by atoms with Crippen LogP contribution in [-0.2, 0) is 15.4 Å². The van der Waals surface area contributed by atoms with Gasteiger partial charge in [-0.3, -0.25) is 0 Å². The summed E-state index contributed by atoms with van der Waals surface area (Å²) in [4.78, 5) is 0. The van der Waals surface area contributed by atoms with Gasteiger partial charge in [0.1, 0.15) is 11.4 Å². The van der Waals surface area contributed by atoms with E-state index >= 15 is 0 Å². The number of rotatable bonds is 2. The van der Waals surface area contributed by atoms with Crippen molar-refractivity contribution in [2.75, 3.05) is 18.6 Å². The smallest absolute Gasteiger partial charge is 0.153 e. The Hall–Kier alpha value is -0.780. The van der Waals surface area contributed by atoms with Crippen molar-refractivity contribution < 1.29 is 18.3 Å². The van der Waals surface area contributed by atoms with Gasteiger partial charge in [-0.05, 0) is 24.1 Å². The maximum Gasteiger partial charge on any atom is 0.153 e. The van der Waals surface area contributed by atoms with E-state index in [9.17, 15) is 13.5 Å². The van der Waals surface area contributed by atoms with Gasteiger partial charge in [0.2, 0.25) is 0 Å². The van der Waals surface area contributed by atoms with E-state index in [4.69, 9.17) is 16.3 Å². The van der Waals surface area contributed by atoms with Crippen LogP contribution in [0.3, 0.4) is 0 Å². The fourth-order valence-electron chi connectivity index (χ4n) is 2.01. The van der Waals surface area contributed by atoms with Gasteiger partial charge in [0.05, 0.1) is 23.6 Å². The number of benzene rings is 1. The Morgan fingerprint density at radius 3 is 2.71 bits per heavy atom. The molecule has 94 valence electrons. The number of halogens is 1. The zero-order valence-electron chi connectivity index (χ0n) is 9.31. The molecule has 0 bridgehead atoms. The molecule has 0 aromatic heterocycles. The van der Waals surface area contributed by atoms with Crippen LogP contribution in [0.2, 0.25) is 5.02 Å². The second kappa shape index (κ2) is 4.15. The molecule has 4 nitrogen and oxygen atoms in total. The van der Waals surface area contributed by atoms with E-state index in [2.05, 4.69) is 0 Å². The highest BCUT2D eigenvalue weighted by Gasteiger charge is 2.42. The van der Waals surface area contributed by atoms with E-state index in [0.29, 0.717) is 16.3 Å². The molecule has 17 heavy (non-hydrogen) atoms. The first kappa shape index (κ1) is 12.7. The first-order chi connectivity index (χ1) is 7.86. The first-order valence-electron chi connectivity index (χ1n) is 5.13. The molecule has 6 heteroatoms. The van der Waals surface area contributed by atoms with E-state index in [0.717, 1.165) is 0 Å². The fourth-order valence-corrected chi connectivity index (χ4v) is 4.04.